The average molecular weight is 391 g/mol. The van der Waals surface area contributed by atoms with Crippen molar-refractivity contribution >= 4 is 16.9 Å². The van der Waals surface area contributed by atoms with Gasteiger partial charge in [-0.25, -0.2) is 23.7 Å². The molecular formula is C19H23F2N5O2. The number of H-pyrrole nitrogens is 1. The number of halogens is 2. The van der Waals surface area contributed by atoms with Crippen LogP contribution in [0.15, 0.2) is 24.7 Å². The highest BCUT2D eigenvalue weighted by atomic mass is 19.1. The Kier molecular flexibility index (Phi) is 5.57. The molecule has 0 aromatic carbocycles. The lowest BCUT2D eigenvalue weighted by Crippen LogP contribution is -2.38. The molecule has 4 N–H and O–H groups in total. The van der Waals surface area contributed by atoms with Gasteiger partial charge in [-0.1, -0.05) is 20.8 Å². The predicted octanol–water partition coefficient (Wildman–Crippen LogP) is 2.87. The third-order valence-electron chi connectivity index (χ3n) is 4.56. The van der Waals surface area contributed by atoms with E-state index in [1.54, 1.807) is 6.20 Å². The molecular weight excluding hydrogens is 368 g/mol. The van der Waals surface area contributed by atoms with Crippen LogP contribution in [0, 0.1) is 17.0 Å². The molecule has 0 saturated heterocycles. The van der Waals surface area contributed by atoms with Gasteiger partial charge in [-0.05, 0) is 17.9 Å². The van der Waals surface area contributed by atoms with Gasteiger partial charge in [0, 0.05) is 23.2 Å². The molecule has 0 amide bonds. The number of nitrogens with zero attached hydrogens (tertiary/aromatic N) is 3. The monoisotopic (exact) mass is 391 g/mol. The Hall–Kier alpha value is -2.65. The molecule has 0 fully saturated rings. The van der Waals surface area contributed by atoms with Crippen LogP contribution in [0.2, 0.25) is 0 Å². The molecule has 150 valence electrons. The first-order valence-corrected chi connectivity index (χ1v) is 8.90. The number of hydrogen-bond donors (Lipinski definition) is 4. The summed E-state index contributed by atoms with van der Waals surface area (Å²) >= 11 is 0. The first-order chi connectivity index (χ1) is 13.2. The fourth-order valence-electron chi connectivity index (χ4n) is 2.90. The minimum atomic E-state index is -0.941. The van der Waals surface area contributed by atoms with E-state index < -0.39 is 17.7 Å². The van der Waals surface area contributed by atoms with Gasteiger partial charge in [-0.15, -0.1) is 0 Å². The average Bonchev–Trinajstić information content (AvgIpc) is 3.04. The molecule has 0 bridgehead atoms. The van der Waals surface area contributed by atoms with Crippen LogP contribution in [0.4, 0.5) is 14.6 Å². The Morgan fingerprint density at radius 1 is 1.21 bits per heavy atom. The van der Waals surface area contributed by atoms with E-state index in [0.717, 1.165) is 12.4 Å². The Morgan fingerprint density at radius 3 is 2.64 bits per heavy atom. The molecule has 2 atom stereocenters. The van der Waals surface area contributed by atoms with Gasteiger partial charge in [-0.2, -0.15) is 0 Å². The van der Waals surface area contributed by atoms with Gasteiger partial charge < -0.3 is 20.5 Å². The molecule has 2 unspecified atom stereocenters. The molecule has 3 rings (SSSR count). The molecule has 0 aliphatic carbocycles. The predicted molar refractivity (Wildman–Crippen MR) is 102 cm³/mol. The third-order valence-corrected chi connectivity index (χ3v) is 4.56. The molecule has 0 spiro atoms. The smallest absolute Gasteiger partial charge is 0.183 e. The summed E-state index contributed by atoms with van der Waals surface area (Å²) in [6.07, 6.45) is 3.00. The molecule has 3 aromatic heterocycles. The molecule has 0 aliphatic rings. The van der Waals surface area contributed by atoms with Gasteiger partial charge in [0.2, 0.25) is 0 Å². The van der Waals surface area contributed by atoms with Crippen LogP contribution in [0.1, 0.15) is 27.2 Å². The SMILES string of the molecule is CC(C)(C)C(CC(O)CO)Nc1nc(-c2c[nH]c3ncc(F)cc23)ncc1F. The molecule has 3 aromatic rings. The molecule has 3 heterocycles. The van der Waals surface area contributed by atoms with Gasteiger partial charge in [0.1, 0.15) is 11.5 Å². The number of pyridine rings is 1. The number of rotatable bonds is 6. The summed E-state index contributed by atoms with van der Waals surface area (Å²) in [5.41, 5.74) is 0.617. The Bertz CT molecular complexity index is 971. The van der Waals surface area contributed by atoms with Gasteiger partial charge in [0.15, 0.2) is 17.5 Å². The van der Waals surface area contributed by atoms with E-state index in [-0.39, 0.29) is 36.1 Å². The minimum absolute atomic E-state index is 0.0335. The molecule has 0 radical (unpaired) electrons. The van der Waals surface area contributed by atoms with Crippen LogP contribution in [0.5, 0.6) is 0 Å². The normalized spacial score (nSPS) is 14.2. The van der Waals surface area contributed by atoms with Gasteiger partial charge >= 0.3 is 0 Å². The Morgan fingerprint density at radius 2 is 1.96 bits per heavy atom. The van der Waals surface area contributed by atoms with Crippen molar-refractivity contribution in [1.29, 1.82) is 0 Å². The zero-order valence-electron chi connectivity index (χ0n) is 15.9. The second-order valence-corrected chi connectivity index (χ2v) is 7.78. The van der Waals surface area contributed by atoms with Crippen LogP contribution in [0.25, 0.3) is 22.4 Å². The molecule has 7 nitrogen and oxygen atoms in total. The summed E-state index contributed by atoms with van der Waals surface area (Å²) in [7, 11) is 0. The number of anilines is 1. The zero-order chi connectivity index (χ0) is 20.5. The largest absolute Gasteiger partial charge is 0.394 e. The highest BCUT2D eigenvalue weighted by Crippen LogP contribution is 2.30. The number of nitrogens with one attached hydrogen (secondary N) is 2. The van der Waals surface area contributed by atoms with E-state index in [1.807, 2.05) is 20.8 Å². The van der Waals surface area contributed by atoms with E-state index in [2.05, 4.69) is 25.3 Å². The maximum absolute atomic E-state index is 14.4. The summed E-state index contributed by atoms with van der Waals surface area (Å²) in [4.78, 5) is 15.2. The standard InChI is InChI=1S/C19H23F2N5O2/c1-19(2,3)15(5-11(28)9-27)25-18-14(21)8-24-17(26-18)13-7-23-16-12(13)4-10(20)6-22-16/h4,6-8,11,15,27-28H,5,9H2,1-3H3,(H,22,23)(H,24,25,26). The highest BCUT2D eigenvalue weighted by molar-refractivity contribution is 5.91. The lowest BCUT2D eigenvalue weighted by molar-refractivity contribution is 0.0735. The van der Waals surface area contributed by atoms with Crippen LogP contribution >= 0.6 is 0 Å². The summed E-state index contributed by atoms with van der Waals surface area (Å²) in [6, 6.07) is 0.942. The lowest BCUT2D eigenvalue weighted by Gasteiger charge is -2.33. The second kappa shape index (κ2) is 7.76. The molecule has 0 saturated carbocycles. The third kappa shape index (κ3) is 4.26. The Balaban J connectivity index is 1.97. The molecule has 28 heavy (non-hydrogen) atoms. The number of hydrogen-bond acceptors (Lipinski definition) is 6. The quantitative estimate of drug-likeness (QED) is 0.515. The van der Waals surface area contributed by atoms with Crippen LogP contribution in [0.3, 0.4) is 0 Å². The molecule has 0 aliphatic heterocycles. The number of fused-ring (bicyclic) bond motifs is 1. The summed E-state index contributed by atoms with van der Waals surface area (Å²) in [5.74, 6) is -0.980. The van der Waals surface area contributed by atoms with E-state index in [4.69, 9.17) is 5.11 Å². The first-order valence-electron chi connectivity index (χ1n) is 8.90. The van der Waals surface area contributed by atoms with Crippen molar-refractivity contribution in [3.8, 4) is 11.4 Å². The van der Waals surface area contributed by atoms with E-state index in [9.17, 15) is 13.9 Å². The van der Waals surface area contributed by atoms with Gasteiger partial charge in [0.05, 0.1) is 25.1 Å². The van der Waals surface area contributed by atoms with Crippen molar-refractivity contribution in [1.82, 2.24) is 19.9 Å². The summed E-state index contributed by atoms with van der Waals surface area (Å²) in [5, 5.41) is 22.5. The number of aliphatic hydroxyl groups is 2. The van der Waals surface area contributed by atoms with E-state index in [1.165, 1.54) is 6.07 Å². The maximum Gasteiger partial charge on any atom is 0.183 e. The second-order valence-electron chi connectivity index (χ2n) is 7.78. The highest BCUT2D eigenvalue weighted by Gasteiger charge is 2.28. The minimum Gasteiger partial charge on any atom is -0.394 e. The summed E-state index contributed by atoms with van der Waals surface area (Å²) < 4.78 is 28.0. The fraction of sp³-hybridized carbons (Fsp3) is 0.421. The number of aromatic nitrogens is 4. The van der Waals surface area contributed by atoms with Crippen LogP contribution in [-0.2, 0) is 0 Å². The van der Waals surface area contributed by atoms with E-state index >= 15 is 0 Å². The van der Waals surface area contributed by atoms with E-state index in [0.29, 0.717) is 16.6 Å². The fourth-order valence-corrected chi connectivity index (χ4v) is 2.90. The maximum atomic E-state index is 14.4. The number of aliphatic hydroxyl groups excluding tert-OH is 2. The topological polar surface area (TPSA) is 107 Å². The summed E-state index contributed by atoms with van der Waals surface area (Å²) in [6.45, 7) is 5.41. The zero-order valence-corrected chi connectivity index (χ0v) is 15.9. The van der Waals surface area contributed by atoms with Crippen LogP contribution in [-0.4, -0.2) is 48.9 Å². The van der Waals surface area contributed by atoms with Crippen LogP contribution < -0.4 is 5.32 Å². The van der Waals surface area contributed by atoms with Gasteiger partial charge in [-0.3, -0.25) is 0 Å². The first kappa shape index (κ1) is 20.1. The van der Waals surface area contributed by atoms with Crippen molar-refractivity contribution in [3.05, 3.63) is 36.3 Å². The number of aromatic amines is 1. The van der Waals surface area contributed by atoms with Crippen molar-refractivity contribution in [2.45, 2.75) is 39.3 Å². The van der Waals surface area contributed by atoms with Crippen molar-refractivity contribution in [2.24, 2.45) is 5.41 Å². The van der Waals surface area contributed by atoms with Crippen molar-refractivity contribution in [2.75, 3.05) is 11.9 Å². The van der Waals surface area contributed by atoms with Crippen molar-refractivity contribution < 1.29 is 19.0 Å². The van der Waals surface area contributed by atoms with Gasteiger partial charge in [0.25, 0.3) is 0 Å². The lowest BCUT2D eigenvalue weighted by atomic mass is 9.83. The van der Waals surface area contributed by atoms with Crippen molar-refractivity contribution in [3.63, 3.8) is 0 Å². The molecule has 9 heteroatoms. The Labute approximate surface area is 160 Å².